The van der Waals surface area contributed by atoms with Crippen molar-refractivity contribution in [3.8, 4) is 23.1 Å². The van der Waals surface area contributed by atoms with Gasteiger partial charge in [0.05, 0.1) is 6.54 Å². The summed E-state index contributed by atoms with van der Waals surface area (Å²) in [4.78, 5) is 20.3. The van der Waals surface area contributed by atoms with Gasteiger partial charge in [-0.15, -0.1) is 0 Å². The number of guanidine groups is 1. The fourth-order valence-corrected chi connectivity index (χ4v) is 2.74. The van der Waals surface area contributed by atoms with Gasteiger partial charge in [-0.25, -0.2) is 0 Å². The normalized spacial score (nSPS) is 10.6. The summed E-state index contributed by atoms with van der Waals surface area (Å²) in [6.45, 7) is 0.484. The second kappa shape index (κ2) is 11.6. The molecule has 3 N–H and O–H groups in total. The Labute approximate surface area is 180 Å². The van der Waals surface area contributed by atoms with Gasteiger partial charge < -0.3 is 15.4 Å². The van der Waals surface area contributed by atoms with Gasteiger partial charge in [0.1, 0.15) is 5.75 Å². The number of para-hydroxylation sites is 1. The van der Waals surface area contributed by atoms with E-state index in [1.54, 1.807) is 24.5 Å². The number of nitrogens with zero attached hydrogens (tertiary/aromatic N) is 3. The molecule has 8 nitrogen and oxygen atoms in total. The second-order valence-corrected chi connectivity index (χ2v) is 6.33. The highest BCUT2D eigenvalue weighted by Gasteiger charge is 2.08. The maximum absolute atomic E-state index is 12.2. The van der Waals surface area contributed by atoms with Crippen LogP contribution in [0.25, 0.3) is 11.1 Å². The molecule has 8 heteroatoms. The van der Waals surface area contributed by atoms with Crippen molar-refractivity contribution in [2.75, 3.05) is 25.0 Å². The van der Waals surface area contributed by atoms with Crippen molar-refractivity contribution in [2.45, 2.75) is 0 Å². The lowest BCUT2D eigenvalue weighted by molar-refractivity contribution is -0.123. The van der Waals surface area contributed by atoms with E-state index in [9.17, 15) is 4.79 Å². The molecule has 0 aliphatic carbocycles. The van der Waals surface area contributed by atoms with Gasteiger partial charge in [0.15, 0.2) is 12.8 Å². The van der Waals surface area contributed by atoms with E-state index < -0.39 is 0 Å². The van der Waals surface area contributed by atoms with Crippen LogP contribution in [0.15, 0.2) is 84.1 Å². The number of nitrogens with one attached hydrogen (secondary N) is 3. The standard InChI is InChI=1S/C23H22N6O2/c24-17-28-23(29-19-10-12-25-13-11-19)27-15-14-26-22(30)16-31-21-9-5-4-8-20(21)18-6-2-1-3-7-18/h1-13H,14-16H2,(H,26,30)(H2,25,27,28,29). The molecule has 1 heterocycles. The number of ether oxygens (including phenoxy) is 1. The third kappa shape index (κ3) is 6.87. The number of aliphatic imine (C=N–C) groups is 1. The molecule has 0 aliphatic rings. The molecule has 0 bridgehead atoms. The van der Waals surface area contributed by atoms with Gasteiger partial charge in [-0.05, 0) is 23.8 Å². The van der Waals surface area contributed by atoms with E-state index in [0.29, 0.717) is 12.3 Å². The van der Waals surface area contributed by atoms with Gasteiger partial charge in [-0.2, -0.15) is 5.26 Å². The smallest absolute Gasteiger partial charge is 0.258 e. The zero-order valence-electron chi connectivity index (χ0n) is 16.8. The molecule has 0 aliphatic heterocycles. The van der Waals surface area contributed by atoms with Gasteiger partial charge in [0.2, 0.25) is 5.96 Å². The molecular formula is C23H22N6O2. The first-order valence-electron chi connectivity index (χ1n) is 9.67. The summed E-state index contributed by atoms with van der Waals surface area (Å²) in [5, 5.41) is 17.1. The monoisotopic (exact) mass is 414 g/mol. The third-order valence-corrected chi connectivity index (χ3v) is 4.15. The van der Waals surface area contributed by atoms with Crippen molar-refractivity contribution < 1.29 is 9.53 Å². The number of aromatic nitrogens is 1. The quantitative estimate of drug-likeness (QED) is 0.172. The first-order chi connectivity index (χ1) is 15.3. The Hall–Kier alpha value is -4.38. The van der Waals surface area contributed by atoms with Crippen LogP contribution in [0.3, 0.4) is 0 Å². The van der Waals surface area contributed by atoms with E-state index in [1.165, 1.54) is 0 Å². The van der Waals surface area contributed by atoms with Crippen LogP contribution >= 0.6 is 0 Å². The first kappa shape index (κ1) is 21.3. The molecule has 0 spiro atoms. The number of rotatable bonds is 8. The molecule has 0 saturated heterocycles. The van der Waals surface area contributed by atoms with Crippen molar-refractivity contribution in [2.24, 2.45) is 4.99 Å². The van der Waals surface area contributed by atoms with Crippen molar-refractivity contribution in [1.82, 2.24) is 15.6 Å². The number of nitriles is 1. The number of hydrogen-bond donors (Lipinski definition) is 3. The predicted molar refractivity (Wildman–Crippen MR) is 119 cm³/mol. The number of carbonyl (C=O) groups is 1. The predicted octanol–water partition coefficient (Wildman–Crippen LogP) is 2.78. The summed E-state index contributed by atoms with van der Waals surface area (Å²) in [6, 6.07) is 20.9. The molecule has 1 aromatic heterocycles. The van der Waals surface area contributed by atoms with E-state index in [4.69, 9.17) is 10.00 Å². The molecule has 3 rings (SSSR count). The van der Waals surface area contributed by atoms with Crippen LogP contribution in [0.2, 0.25) is 0 Å². The Morgan fingerprint density at radius 2 is 1.77 bits per heavy atom. The Bertz CT molecular complexity index is 1050. The first-order valence-corrected chi connectivity index (χ1v) is 9.67. The molecule has 3 aromatic rings. The van der Waals surface area contributed by atoms with E-state index >= 15 is 0 Å². The highest BCUT2D eigenvalue weighted by Crippen LogP contribution is 2.29. The summed E-state index contributed by atoms with van der Waals surface area (Å²) in [5.74, 6) is 0.676. The minimum absolute atomic E-state index is 0.105. The van der Waals surface area contributed by atoms with Crippen LogP contribution in [0.4, 0.5) is 5.69 Å². The molecule has 0 radical (unpaired) electrons. The molecule has 2 aromatic carbocycles. The molecular weight excluding hydrogens is 392 g/mol. The fraction of sp³-hybridized carbons (Fsp3) is 0.130. The number of amides is 1. The largest absolute Gasteiger partial charge is 0.483 e. The topological polar surface area (TPSA) is 111 Å². The summed E-state index contributed by atoms with van der Waals surface area (Å²) < 4.78 is 5.73. The number of pyridine rings is 1. The Morgan fingerprint density at radius 1 is 1.03 bits per heavy atom. The lowest BCUT2D eigenvalue weighted by Gasteiger charge is -2.12. The van der Waals surface area contributed by atoms with Gasteiger partial charge in [0, 0.05) is 30.2 Å². The average molecular weight is 414 g/mol. The van der Waals surface area contributed by atoms with Crippen molar-refractivity contribution in [1.29, 1.82) is 5.26 Å². The zero-order chi connectivity index (χ0) is 21.7. The highest BCUT2D eigenvalue weighted by molar-refractivity contribution is 5.94. The zero-order valence-corrected chi connectivity index (χ0v) is 16.8. The van der Waals surface area contributed by atoms with E-state index in [-0.39, 0.29) is 25.0 Å². The Morgan fingerprint density at radius 3 is 2.55 bits per heavy atom. The van der Waals surface area contributed by atoms with Crippen molar-refractivity contribution in [3.63, 3.8) is 0 Å². The Kier molecular flexibility index (Phi) is 7.97. The minimum Gasteiger partial charge on any atom is -0.483 e. The summed E-state index contributed by atoms with van der Waals surface area (Å²) in [5.41, 5.74) is 2.69. The number of carbonyl (C=O) groups excluding carboxylic acids is 1. The molecule has 1 amide bonds. The summed E-state index contributed by atoms with van der Waals surface area (Å²) in [6.07, 6.45) is 5.08. The lowest BCUT2D eigenvalue weighted by atomic mass is 10.1. The fourth-order valence-electron chi connectivity index (χ4n) is 2.74. The molecule has 31 heavy (non-hydrogen) atoms. The number of benzene rings is 2. The van der Waals surface area contributed by atoms with Crippen LogP contribution in [-0.2, 0) is 4.79 Å². The van der Waals surface area contributed by atoms with Gasteiger partial charge in [-0.1, -0.05) is 48.5 Å². The molecule has 0 unspecified atom stereocenters. The van der Waals surface area contributed by atoms with Gasteiger partial charge in [0.25, 0.3) is 5.91 Å². The average Bonchev–Trinajstić information content (AvgIpc) is 2.82. The minimum atomic E-state index is -0.255. The number of anilines is 1. The van der Waals surface area contributed by atoms with E-state index in [0.717, 1.165) is 16.8 Å². The van der Waals surface area contributed by atoms with Crippen LogP contribution in [0.5, 0.6) is 5.75 Å². The summed E-state index contributed by atoms with van der Waals surface area (Å²) >= 11 is 0. The number of hydrogen-bond acceptors (Lipinski definition) is 5. The molecule has 0 saturated carbocycles. The van der Waals surface area contributed by atoms with Crippen LogP contribution < -0.4 is 20.7 Å². The molecule has 0 fully saturated rings. The maximum atomic E-state index is 12.2. The van der Waals surface area contributed by atoms with E-state index in [1.807, 2.05) is 60.8 Å². The Balaban J connectivity index is 1.47. The SMILES string of the molecule is N#CN/C(=N\CCNC(=O)COc1ccccc1-c1ccccc1)Nc1ccncc1. The molecule has 0 atom stereocenters. The van der Waals surface area contributed by atoms with Gasteiger partial charge in [-0.3, -0.25) is 20.1 Å². The molecule has 156 valence electrons. The summed E-state index contributed by atoms with van der Waals surface area (Å²) in [7, 11) is 0. The van der Waals surface area contributed by atoms with E-state index in [2.05, 4.69) is 25.9 Å². The second-order valence-electron chi connectivity index (χ2n) is 6.33. The van der Waals surface area contributed by atoms with Crippen LogP contribution in [0, 0.1) is 11.5 Å². The van der Waals surface area contributed by atoms with Crippen LogP contribution in [-0.4, -0.2) is 36.5 Å². The van der Waals surface area contributed by atoms with Crippen LogP contribution in [0.1, 0.15) is 0 Å². The maximum Gasteiger partial charge on any atom is 0.258 e. The highest BCUT2D eigenvalue weighted by atomic mass is 16.5. The van der Waals surface area contributed by atoms with Gasteiger partial charge >= 0.3 is 0 Å². The third-order valence-electron chi connectivity index (χ3n) is 4.15. The van der Waals surface area contributed by atoms with Crippen molar-refractivity contribution >= 4 is 17.6 Å². The van der Waals surface area contributed by atoms with Crippen molar-refractivity contribution in [3.05, 3.63) is 79.1 Å². The lowest BCUT2D eigenvalue weighted by Crippen LogP contribution is -2.32.